The second-order valence-electron chi connectivity index (χ2n) is 9.37. The molecule has 0 atom stereocenters. The Morgan fingerprint density at radius 3 is 2.29 bits per heavy atom. The molecule has 1 N–H and O–H groups in total. The third-order valence-electron chi connectivity index (χ3n) is 5.98. The second kappa shape index (κ2) is 13.1. The second-order valence-corrected chi connectivity index (χ2v) is 11.2. The lowest BCUT2D eigenvalue weighted by Crippen LogP contribution is -2.33. The minimum atomic E-state index is -0.910. The Bertz CT molecular complexity index is 1600. The van der Waals surface area contributed by atoms with Gasteiger partial charge in [-0.1, -0.05) is 6.07 Å². The zero-order chi connectivity index (χ0) is 30.6. The molecule has 0 spiro atoms. The van der Waals surface area contributed by atoms with Gasteiger partial charge in [0, 0.05) is 34.5 Å². The number of hydrogen-bond donors (Lipinski definition) is 1. The van der Waals surface area contributed by atoms with E-state index in [2.05, 4.69) is 10.3 Å². The number of non-ortho nitro benzene ring substituents is 1. The summed E-state index contributed by atoms with van der Waals surface area (Å²) in [6, 6.07) is 9.13. The molecule has 42 heavy (non-hydrogen) atoms. The first-order valence-electron chi connectivity index (χ1n) is 12.7. The Kier molecular flexibility index (Phi) is 9.60. The van der Waals surface area contributed by atoms with Gasteiger partial charge in [-0.2, -0.15) is 0 Å². The van der Waals surface area contributed by atoms with Gasteiger partial charge >= 0.3 is 6.09 Å². The third kappa shape index (κ3) is 6.78. The Labute approximate surface area is 248 Å². The molecular formula is C28H27F2N5O5S2. The first kappa shape index (κ1) is 30.7. The van der Waals surface area contributed by atoms with Crippen LogP contribution in [0.4, 0.5) is 29.4 Å². The van der Waals surface area contributed by atoms with E-state index in [9.17, 15) is 28.5 Å². The minimum absolute atomic E-state index is 0.0276. The van der Waals surface area contributed by atoms with Crippen LogP contribution in [0.15, 0.2) is 47.8 Å². The molecule has 0 saturated heterocycles. The van der Waals surface area contributed by atoms with Crippen molar-refractivity contribution in [1.82, 2.24) is 9.88 Å². The number of nitro groups is 1. The molecule has 2 aromatic heterocycles. The van der Waals surface area contributed by atoms with Gasteiger partial charge in [0.1, 0.15) is 16.6 Å². The van der Waals surface area contributed by atoms with E-state index < -0.39 is 35.1 Å². The molecule has 4 aromatic rings. The average molecular weight is 616 g/mol. The van der Waals surface area contributed by atoms with Gasteiger partial charge in [0.25, 0.3) is 11.6 Å². The smallest absolute Gasteiger partial charge is 0.415 e. The monoisotopic (exact) mass is 615 g/mol. The lowest BCUT2D eigenvalue weighted by Gasteiger charge is -2.23. The van der Waals surface area contributed by atoms with Crippen LogP contribution < -0.4 is 10.2 Å². The van der Waals surface area contributed by atoms with Crippen LogP contribution in [0.2, 0.25) is 0 Å². The lowest BCUT2D eigenvalue weighted by molar-refractivity contribution is -0.384. The number of thiazole rings is 1. The number of nitro benzene ring substituents is 1. The predicted molar refractivity (Wildman–Crippen MR) is 158 cm³/mol. The van der Waals surface area contributed by atoms with Crippen molar-refractivity contribution in [2.24, 2.45) is 0 Å². The van der Waals surface area contributed by atoms with E-state index in [1.165, 1.54) is 29.5 Å². The van der Waals surface area contributed by atoms with Gasteiger partial charge < -0.3 is 9.64 Å². The van der Waals surface area contributed by atoms with Crippen molar-refractivity contribution >= 4 is 50.5 Å². The Balaban J connectivity index is 1.96. The number of nitrogens with zero attached hydrogens (tertiary/aromatic N) is 4. The summed E-state index contributed by atoms with van der Waals surface area (Å²) in [5.74, 6) is -2.33. The van der Waals surface area contributed by atoms with Crippen molar-refractivity contribution in [3.05, 3.63) is 92.0 Å². The number of aryl methyl sites for hydroxylation is 1. The molecule has 4 rings (SSSR count). The summed E-state index contributed by atoms with van der Waals surface area (Å²) < 4.78 is 34.8. The highest BCUT2D eigenvalue weighted by atomic mass is 32.1. The molecule has 0 aliphatic carbocycles. The fraction of sp³-hybridized carbons (Fsp3) is 0.250. The van der Waals surface area contributed by atoms with Crippen molar-refractivity contribution < 1.29 is 28.0 Å². The summed E-state index contributed by atoms with van der Waals surface area (Å²) in [4.78, 5) is 45.7. The fourth-order valence-electron chi connectivity index (χ4n) is 4.14. The van der Waals surface area contributed by atoms with E-state index in [4.69, 9.17) is 4.74 Å². The van der Waals surface area contributed by atoms with E-state index in [1.807, 2.05) is 4.90 Å². The number of aromatic nitrogens is 1. The summed E-state index contributed by atoms with van der Waals surface area (Å²) in [6.07, 6.45) is -0.910. The van der Waals surface area contributed by atoms with E-state index >= 15 is 0 Å². The maximum Gasteiger partial charge on any atom is 0.415 e. The molecule has 2 heterocycles. The highest BCUT2D eigenvalue weighted by molar-refractivity contribution is 7.20. The number of halogens is 2. The van der Waals surface area contributed by atoms with Gasteiger partial charge in [-0.05, 0) is 63.3 Å². The zero-order valence-corrected chi connectivity index (χ0v) is 24.8. The molecule has 220 valence electrons. The van der Waals surface area contributed by atoms with Gasteiger partial charge in [0.15, 0.2) is 5.13 Å². The first-order valence-corrected chi connectivity index (χ1v) is 14.4. The highest BCUT2D eigenvalue weighted by Gasteiger charge is 2.33. The number of thiophene rings is 1. The van der Waals surface area contributed by atoms with Crippen LogP contribution in [0.1, 0.15) is 34.1 Å². The van der Waals surface area contributed by atoms with Crippen LogP contribution in [-0.4, -0.2) is 47.5 Å². The summed E-state index contributed by atoms with van der Waals surface area (Å²) in [6.45, 7) is 3.01. The first-order chi connectivity index (χ1) is 20.0. The number of ether oxygens (including phenoxy) is 1. The standard InChI is InChI=1S/C28H27F2N5O5S2/c1-5-40-28(37)34(14-19-21(29)7-6-8-22(19)30)26-23(25(36)32-27-31-16(2)15-41-27)20(13-33(3)4)24(42-26)17-9-11-18(12-10-17)35(38)39/h6-12,15H,5,13-14H2,1-4H3,(H,31,32,36). The number of rotatable bonds is 10. The highest BCUT2D eigenvalue weighted by Crippen LogP contribution is 2.44. The average Bonchev–Trinajstić information content (AvgIpc) is 3.51. The van der Waals surface area contributed by atoms with Gasteiger partial charge in [0.2, 0.25) is 0 Å². The van der Waals surface area contributed by atoms with Crippen LogP contribution in [0.25, 0.3) is 10.4 Å². The largest absolute Gasteiger partial charge is 0.449 e. The molecule has 2 amide bonds. The molecule has 0 aliphatic heterocycles. The maximum atomic E-state index is 14.8. The molecule has 0 aliphatic rings. The number of carbonyl (C=O) groups is 2. The molecule has 0 fully saturated rings. The number of amides is 2. The number of anilines is 2. The molecule has 14 heteroatoms. The number of nitrogens with one attached hydrogen (secondary N) is 1. The normalized spacial score (nSPS) is 11.0. The topological polar surface area (TPSA) is 118 Å². The van der Waals surface area contributed by atoms with Crippen molar-refractivity contribution in [3.63, 3.8) is 0 Å². The lowest BCUT2D eigenvalue weighted by atomic mass is 10.0. The molecule has 0 unspecified atom stereocenters. The number of benzene rings is 2. The van der Waals surface area contributed by atoms with E-state index in [0.29, 0.717) is 26.8 Å². The predicted octanol–water partition coefficient (Wildman–Crippen LogP) is 6.84. The van der Waals surface area contributed by atoms with Crippen molar-refractivity contribution in [1.29, 1.82) is 0 Å². The molecule has 0 bridgehead atoms. The zero-order valence-electron chi connectivity index (χ0n) is 23.1. The maximum absolute atomic E-state index is 14.8. The van der Waals surface area contributed by atoms with Gasteiger partial charge in [-0.3, -0.25) is 25.1 Å². The summed E-state index contributed by atoms with van der Waals surface area (Å²) in [5.41, 5.74) is 1.33. The molecule has 10 nitrogen and oxygen atoms in total. The van der Waals surface area contributed by atoms with Crippen LogP contribution in [0.3, 0.4) is 0 Å². The third-order valence-corrected chi connectivity index (χ3v) is 8.16. The quantitative estimate of drug-likeness (QED) is 0.153. The van der Waals surface area contributed by atoms with Crippen molar-refractivity contribution in [2.75, 3.05) is 30.9 Å². The van der Waals surface area contributed by atoms with E-state index in [0.717, 1.165) is 28.4 Å². The molecule has 2 aromatic carbocycles. The van der Waals surface area contributed by atoms with Gasteiger partial charge in [0.05, 0.1) is 29.3 Å². The van der Waals surface area contributed by atoms with Gasteiger partial charge in [-0.15, -0.1) is 22.7 Å². The van der Waals surface area contributed by atoms with Crippen LogP contribution >= 0.6 is 22.7 Å². The molecule has 0 saturated carbocycles. The Morgan fingerprint density at radius 1 is 1.07 bits per heavy atom. The summed E-state index contributed by atoms with van der Waals surface area (Å²) in [7, 11) is 3.58. The molecule has 0 radical (unpaired) electrons. The summed E-state index contributed by atoms with van der Waals surface area (Å²) in [5, 5.41) is 16.2. The SMILES string of the molecule is CCOC(=O)N(Cc1c(F)cccc1F)c1sc(-c2ccc([N+](=O)[O-])cc2)c(CN(C)C)c1C(=O)Nc1nc(C)cs1. The van der Waals surface area contributed by atoms with Crippen LogP contribution in [0, 0.1) is 28.7 Å². The minimum Gasteiger partial charge on any atom is -0.449 e. The number of hydrogen-bond acceptors (Lipinski definition) is 9. The van der Waals surface area contributed by atoms with Crippen LogP contribution in [-0.2, 0) is 17.8 Å². The number of carbonyl (C=O) groups excluding carboxylic acids is 2. The van der Waals surface area contributed by atoms with Crippen molar-refractivity contribution in [2.45, 2.75) is 26.9 Å². The van der Waals surface area contributed by atoms with Crippen molar-refractivity contribution in [3.8, 4) is 10.4 Å². The Hall–Kier alpha value is -4.27. The van der Waals surface area contributed by atoms with E-state index in [1.54, 1.807) is 45.5 Å². The summed E-state index contributed by atoms with van der Waals surface area (Å²) >= 11 is 2.26. The van der Waals surface area contributed by atoms with Gasteiger partial charge in [-0.25, -0.2) is 18.6 Å². The Morgan fingerprint density at radius 2 is 1.74 bits per heavy atom. The van der Waals surface area contributed by atoms with Crippen LogP contribution in [0.5, 0.6) is 0 Å². The fourth-order valence-corrected chi connectivity index (χ4v) is 6.13. The van der Waals surface area contributed by atoms with E-state index in [-0.39, 0.29) is 35.0 Å². The molecular weight excluding hydrogens is 588 g/mol.